The van der Waals surface area contributed by atoms with Gasteiger partial charge in [0.05, 0.1) is 0 Å². The van der Waals surface area contributed by atoms with Gasteiger partial charge >= 0.3 is 0 Å². The van der Waals surface area contributed by atoms with Gasteiger partial charge in [0.15, 0.2) is 0 Å². The maximum atomic E-state index is 4.65. The van der Waals surface area contributed by atoms with E-state index in [1.807, 2.05) is 50.6 Å². The summed E-state index contributed by atoms with van der Waals surface area (Å²) in [5, 5.41) is 0. The maximum absolute atomic E-state index is 4.65. The molecule has 0 N–H and O–H groups in total. The maximum Gasteiger partial charge on any atom is 0.226 e. The highest BCUT2D eigenvalue weighted by molar-refractivity contribution is 5.44. The van der Waals surface area contributed by atoms with Crippen LogP contribution < -0.4 is 14.7 Å². The first kappa shape index (κ1) is 16.4. The van der Waals surface area contributed by atoms with Gasteiger partial charge in [-0.25, -0.2) is 15.0 Å². The number of aromatic nitrogens is 4. The first-order valence-electron chi connectivity index (χ1n) is 8.31. The molecule has 3 rings (SSSR count). The molecule has 7 heteroatoms. The van der Waals surface area contributed by atoms with Crippen LogP contribution in [0.1, 0.15) is 18.4 Å². The van der Waals surface area contributed by atoms with E-state index in [4.69, 9.17) is 0 Å². The molecule has 1 atom stereocenters. The van der Waals surface area contributed by atoms with Crippen molar-refractivity contribution in [1.29, 1.82) is 0 Å². The molecule has 24 heavy (non-hydrogen) atoms. The second-order valence-corrected chi connectivity index (χ2v) is 6.52. The zero-order valence-corrected chi connectivity index (χ0v) is 14.8. The molecule has 0 saturated carbocycles. The monoisotopic (exact) mass is 327 g/mol. The molecule has 128 valence electrons. The third-order valence-corrected chi connectivity index (χ3v) is 4.38. The summed E-state index contributed by atoms with van der Waals surface area (Å²) in [5.41, 5.74) is 1.08. The van der Waals surface area contributed by atoms with Crippen molar-refractivity contribution >= 4 is 17.7 Å². The molecule has 2 aromatic heterocycles. The Hall–Kier alpha value is -2.44. The van der Waals surface area contributed by atoms with Crippen LogP contribution in [0, 0.1) is 6.92 Å². The van der Waals surface area contributed by atoms with Gasteiger partial charge in [0, 0.05) is 58.9 Å². The van der Waals surface area contributed by atoms with Gasteiger partial charge in [-0.15, -0.1) is 0 Å². The molecule has 1 unspecified atom stereocenters. The van der Waals surface area contributed by atoms with E-state index in [1.165, 1.54) is 0 Å². The van der Waals surface area contributed by atoms with E-state index in [2.05, 4.69) is 36.8 Å². The lowest BCUT2D eigenvalue weighted by atomic mass is 10.0. The molecule has 7 nitrogen and oxygen atoms in total. The van der Waals surface area contributed by atoms with Crippen molar-refractivity contribution < 1.29 is 0 Å². The summed E-state index contributed by atoms with van der Waals surface area (Å²) in [6.07, 6.45) is 7.84. The molecule has 0 aromatic carbocycles. The van der Waals surface area contributed by atoms with Crippen LogP contribution in [0.5, 0.6) is 0 Å². The van der Waals surface area contributed by atoms with Crippen LogP contribution in [0.3, 0.4) is 0 Å². The van der Waals surface area contributed by atoms with Crippen LogP contribution >= 0.6 is 0 Å². The second-order valence-electron chi connectivity index (χ2n) is 6.52. The Morgan fingerprint density at radius 2 is 1.88 bits per heavy atom. The van der Waals surface area contributed by atoms with Crippen molar-refractivity contribution in [3.8, 4) is 0 Å². The average molecular weight is 327 g/mol. The van der Waals surface area contributed by atoms with E-state index in [1.54, 1.807) is 0 Å². The third kappa shape index (κ3) is 3.55. The molecule has 2 aromatic rings. The number of nitrogens with zero attached hydrogens (tertiary/aromatic N) is 7. The lowest BCUT2D eigenvalue weighted by Gasteiger charge is -2.38. The van der Waals surface area contributed by atoms with Gasteiger partial charge in [-0.05, 0) is 31.4 Å². The molecule has 1 fully saturated rings. The van der Waals surface area contributed by atoms with Crippen molar-refractivity contribution in [3.05, 3.63) is 30.2 Å². The van der Waals surface area contributed by atoms with Crippen LogP contribution in [0.15, 0.2) is 24.7 Å². The van der Waals surface area contributed by atoms with E-state index in [-0.39, 0.29) is 0 Å². The number of likely N-dealkylation sites (N-methyl/N-ethyl adjacent to an activating group) is 1. The van der Waals surface area contributed by atoms with Crippen LogP contribution in [0.2, 0.25) is 0 Å². The number of rotatable bonds is 4. The Labute approximate surface area is 143 Å². The topological polar surface area (TPSA) is 61.3 Å². The molecule has 0 aliphatic carbocycles. The summed E-state index contributed by atoms with van der Waals surface area (Å²) in [4.78, 5) is 24.3. The highest BCUT2D eigenvalue weighted by Crippen LogP contribution is 2.23. The SMILES string of the molecule is Cc1cnc(N2CCCC(N(C)c3ccnc(N(C)C)n3)C2)nc1. The molecule has 0 bridgehead atoms. The van der Waals surface area contributed by atoms with Gasteiger partial charge in [-0.3, -0.25) is 0 Å². The summed E-state index contributed by atoms with van der Waals surface area (Å²) < 4.78 is 0. The molecule has 1 aliphatic heterocycles. The number of anilines is 3. The minimum Gasteiger partial charge on any atom is -0.355 e. The first-order valence-corrected chi connectivity index (χ1v) is 8.31. The van der Waals surface area contributed by atoms with Crippen LogP contribution in [0.25, 0.3) is 0 Å². The Balaban J connectivity index is 1.74. The first-order chi connectivity index (χ1) is 11.5. The third-order valence-electron chi connectivity index (χ3n) is 4.38. The normalized spacial score (nSPS) is 17.7. The summed E-state index contributed by atoms with van der Waals surface area (Å²) in [6, 6.07) is 2.35. The number of hydrogen-bond donors (Lipinski definition) is 0. The average Bonchev–Trinajstić information content (AvgIpc) is 2.62. The molecule has 0 amide bonds. The van der Waals surface area contributed by atoms with Crippen molar-refractivity contribution in [2.75, 3.05) is 48.9 Å². The largest absolute Gasteiger partial charge is 0.355 e. The molecular weight excluding hydrogens is 302 g/mol. The van der Waals surface area contributed by atoms with E-state index < -0.39 is 0 Å². The van der Waals surface area contributed by atoms with Crippen molar-refractivity contribution in [3.63, 3.8) is 0 Å². The van der Waals surface area contributed by atoms with Gasteiger partial charge in [0.1, 0.15) is 5.82 Å². The summed E-state index contributed by atoms with van der Waals surface area (Å²) >= 11 is 0. The van der Waals surface area contributed by atoms with Crippen LogP contribution in [0.4, 0.5) is 17.7 Å². The lowest BCUT2D eigenvalue weighted by Crippen LogP contribution is -2.47. The smallest absolute Gasteiger partial charge is 0.226 e. The summed E-state index contributed by atoms with van der Waals surface area (Å²) in [6.45, 7) is 3.91. The van der Waals surface area contributed by atoms with Crippen molar-refractivity contribution in [2.24, 2.45) is 0 Å². The van der Waals surface area contributed by atoms with Gasteiger partial charge in [0.25, 0.3) is 0 Å². The standard InChI is InChI=1S/C17H25N7/c1-13-10-19-16(20-11-13)24-9-5-6-14(12-24)23(4)15-7-8-18-17(21-15)22(2)3/h7-8,10-11,14H,5-6,9,12H2,1-4H3. The van der Waals surface area contributed by atoms with Gasteiger partial charge in [0.2, 0.25) is 11.9 Å². The fourth-order valence-electron chi connectivity index (χ4n) is 2.94. The predicted octanol–water partition coefficient (Wildman–Crippen LogP) is 1.75. The molecule has 0 spiro atoms. The van der Waals surface area contributed by atoms with E-state index in [0.29, 0.717) is 6.04 Å². The highest BCUT2D eigenvalue weighted by Gasteiger charge is 2.25. The predicted molar refractivity (Wildman–Crippen MR) is 96.8 cm³/mol. The van der Waals surface area contributed by atoms with Crippen molar-refractivity contribution in [2.45, 2.75) is 25.8 Å². The molecule has 1 aliphatic rings. The lowest BCUT2D eigenvalue weighted by molar-refractivity contribution is 0.480. The minimum atomic E-state index is 0.383. The zero-order chi connectivity index (χ0) is 17.1. The molecule has 0 radical (unpaired) electrons. The summed E-state index contributed by atoms with van der Waals surface area (Å²) in [7, 11) is 6.01. The molecule has 3 heterocycles. The Bertz CT molecular complexity index is 671. The molecule has 1 saturated heterocycles. The zero-order valence-electron chi connectivity index (χ0n) is 14.8. The van der Waals surface area contributed by atoms with Gasteiger partial charge in [-0.1, -0.05) is 0 Å². The number of piperidine rings is 1. The Morgan fingerprint density at radius 3 is 2.58 bits per heavy atom. The van der Waals surface area contributed by atoms with E-state index in [9.17, 15) is 0 Å². The fraction of sp³-hybridized carbons (Fsp3) is 0.529. The quantitative estimate of drug-likeness (QED) is 0.847. The number of hydrogen-bond acceptors (Lipinski definition) is 7. The second kappa shape index (κ2) is 6.98. The fourth-order valence-corrected chi connectivity index (χ4v) is 2.94. The summed E-state index contributed by atoms with van der Waals surface area (Å²) in [5.74, 6) is 2.50. The number of aryl methyl sites for hydroxylation is 1. The van der Waals surface area contributed by atoms with Gasteiger partial charge in [-0.2, -0.15) is 4.98 Å². The highest BCUT2D eigenvalue weighted by atomic mass is 15.3. The van der Waals surface area contributed by atoms with Gasteiger partial charge < -0.3 is 14.7 Å². The van der Waals surface area contributed by atoms with Crippen LogP contribution in [-0.2, 0) is 0 Å². The molecular formula is C17H25N7. The van der Waals surface area contributed by atoms with Crippen LogP contribution in [-0.4, -0.2) is 60.2 Å². The van der Waals surface area contributed by atoms with Crippen molar-refractivity contribution in [1.82, 2.24) is 19.9 Å². The Kier molecular flexibility index (Phi) is 4.78. The van der Waals surface area contributed by atoms with E-state index >= 15 is 0 Å². The Morgan fingerprint density at radius 1 is 1.12 bits per heavy atom. The minimum absolute atomic E-state index is 0.383. The van der Waals surface area contributed by atoms with E-state index in [0.717, 1.165) is 49.2 Å².